The number of hydrogen-bond donors (Lipinski definition) is 1. The first kappa shape index (κ1) is 31.1. The highest BCUT2D eigenvalue weighted by atomic mass is 19.4. The van der Waals surface area contributed by atoms with Crippen LogP contribution in [-0.4, -0.2) is 64.5 Å². The van der Waals surface area contributed by atoms with E-state index in [0.29, 0.717) is 30.2 Å². The first-order valence-electron chi connectivity index (χ1n) is 13.1. The average Bonchev–Trinajstić information content (AvgIpc) is 3.55. The van der Waals surface area contributed by atoms with Crippen LogP contribution in [0.1, 0.15) is 47.2 Å². The highest BCUT2D eigenvalue weighted by molar-refractivity contribution is 5.82. The third kappa shape index (κ3) is 7.82. The molecule has 1 atom stereocenters. The van der Waals surface area contributed by atoms with E-state index in [2.05, 4.69) is 15.0 Å². The number of benzene rings is 1. The van der Waals surface area contributed by atoms with Gasteiger partial charge in [0.15, 0.2) is 5.79 Å². The van der Waals surface area contributed by atoms with Crippen molar-refractivity contribution in [1.82, 2.24) is 19.9 Å². The quantitative estimate of drug-likeness (QED) is 0.352. The van der Waals surface area contributed by atoms with E-state index in [-0.39, 0.29) is 24.4 Å². The highest BCUT2D eigenvalue weighted by Crippen LogP contribution is 2.30. The molecule has 0 saturated carbocycles. The Morgan fingerprint density at radius 3 is 2.25 bits per heavy atom. The van der Waals surface area contributed by atoms with Gasteiger partial charge in [-0.3, -0.25) is 9.78 Å². The molecule has 1 aromatic carbocycles. The number of likely N-dealkylation sites (N-methyl/N-ethyl adjacent to an activating group) is 1. The number of nitrogens with zero attached hydrogens (tertiary/aromatic N) is 3. The van der Waals surface area contributed by atoms with Gasteiger partial charge in [-0.25, -0.2) is 4.98 Å². The number of nitrogens with one attached hydrogen (secondary N) is 1. The predicted octanol–water partition coefficient (Wildman–Crippen LogP) is 6.20. The molecule has 1 aliphatic rings. The van der Waals surface area contributed by atoms with Gasteiger partial charge in [-0.2, -0.15) is 13.2 Å². The first-order valence-corrected chi connectivity index (χ1v) is 13.1. The minimum absolute atomic E-state index is 0.0642. The Labute approximate surface area is 232 Å². The molecule has 2 aromatic heterocycles. The number of H-pyrrole nitrogens is 1. The summed E-state index contributed by atoms with van der Waals surface area (Å²) in [7, 11) is 1.74. The number of hydrogen-bond acceptors (Lipinski definition) is 6. The van der Waals surface area contributed by atoms with Crippen LogP contribution in [0.15, 0.2) is 48.8 Å². The third-order valence-electron chi connectivity index (χ3n) is 6.14. The van der Waals surface area contributed by atoms with Crippen molar-refractivity contribution in [3.8, 4) is 28.4 Å². The largest absolute Gasteiger partial charge is 0.492 e. The van der Waals surface area contributed by atoms with E-state index in [1.54, 1.807) is 36.2 Å². The van der Waals surface area contributed by atoms with Gasteiger partial charge in [0.1, 0.15) is 30.0 Å². The fourth-order valence-corrected chi connectivity index (χ4v) is 4.12. The van der Waals surface area contributed by atoms with Crippen LogP contribution < -0.4 is 4.74 Å². The molecule has 0 spiro atoms. The molecule has 1 amide bonds. The Hall–Kier alpha value is -3.44. The molecule has 1 saturated heterocycles. The van der Waals surface area contributed by atoms with Crippen LogP contribution in [0.3, 0.4) is 0 Å². The molecule has 0 aliphatic carbocycles. The van der Waals surface area contributed by atoms with E-state index < -0.39 is 23.1 Å². The van der Waals surface area contributed by atoms with Crippen molar-refractivity contribution in [2.45, 2.75) is 59.6 Å². The maximum atomic E-state index is 13.0. The monoisotopic (exact) mass is 562 g/mol. The van der Waals surface area contributed by atoms with Gasteiger partial charge in [-0.15, -0.1) is 0 Å². The topological polar surface area (TPSA) is 89.6 Å². The summed E-state index contributed by atoms with van der Waals surface area (Å²) in [6, 6.07) is 10.6. The van der Waals surface area contributed by atoms with Crippen LogP contribution in [-0.2, 0) is 20.4 Å². The minimum Gasteiger partial charge on any atom is -0.492 e. The molecular formula is C29H37F3N4O4. The van der Waals surface area contributed by atoms with Gasteiger partial charge in [0.25, 0.3) is 0 Å². The number of aromatic nitrogens is 3. The van der Waals surface area contributed by atoms with E-state index in [1.807, 2.05) is 53.7 Å². The molecule has 4 rings (SSSR count). The van der Waals surface area contributed by atoms with Crippen molar-refractivity contribution in [2.75, 3.05) is 26.8 Å². The molecule has 0 bridgehead atoms. The number of pyridine rings is 1. The molecular weight excluding hydrogens is 525 g/mol. The van der Waals surface area contributed by atoms with Gasteiger partial charge in [0, 0.05) is 30.9 Å². The maximum absolute atomic E-state index is 13.0. The van der Waals surface area contributed by atoms with Crippen LogP contribution in [0.2, 0.25) is 0 Å². The fraction of sp³-hybridized carbons (Fsp3) is 0.483. The molecule has 11 heteroatoms. The average molecular weight is 563 g/mol. The molecule has 3 heterocycles. The first-order chi connectivity index (χ1) is 18.7. The second kappa shape index (κ2) is 12.4. The van der Waals surface area contributed by atoms with Crippen molar-refractivity contribution < 1.29 is 32.2 Å². The Kier molecular flexibility index (Phi) is 9.63. The number of carbonyl (C=O) groups excluding carboxylic acids is 1. The van der Waals surface area contributed by atoms with Crippen LogP contribution in [0, 0.1) is 5.41 Å². The summed E-state index contributed by atoms with van der Waals surface area (Å²) < 4.78 is 55.7. The third-order valence-corrected chi connectivity index (χ3v) is 6.14. The molecule has 0 radical (unpaired) electrons. The number of aromatic amines is 1. The maximum Gasteiger partial charge on any atom is 0.432 e. The summed E-state index contributed by atoms with van der Waals surface area (Å²) in [4.78, 5) is 25.1. The molecule has 1 unspecified atom stereocenters. The molecule has 1 N–H and O–H groups in total. The second-order valence-corrected chi connectivity index (χ2v) is 10.4. The highest BCUT2D eigenvalue weighted by Gasteiger charge is 2.37. The SMILES string of the molecule is CC.CN(CC1COC(C)(C)O1)C(=O)C(C)(C)COc1ccc(-c2ccc(-c3ncc(C(F)(F)F)[nH]3)cn2)cc1. The molecule has 1 fully saturated rings. The van der Waals surface area contributed by atoms with E-state index in [0.717, 1.165) is 11.8 Å². The molecule has 40 heavy (non-hydrogen) atoms. The zero-order valence-electron chi connectivity index (χ0n) is 23.9. The van der Waals surface area contributed by atoms with Gasteiger partial charge < -0.3 is 24.1 Å². The zero-order chi connectivity index (χ0) is 29.7. The molecule has 3 aromatic rings. The summed E-state index contributed by atoms with van der Waals surface area (Å²) >= 11 is 0. The summed E-state index contributed by atoms with van der Waals surface area (Å²) in [6.45, 7) is 12.4. The van der Waals surface area contributed by atoms with Crippen LogP contribution in [0.4, 0.5) is 13.2 Å². The van der Waals surface area contributed by atoms with Gasteiger partial charge in [0.2, 0.25) is 5.91 Å². The number of rotatable bonds is 8. The van der Waals surface area contributed by atoms with E-state index in [4.69, 9.17) is 14.2 Å². The lowest BCUT2D eigenvalue weighted by atomic mass is 9.92. The van der Waals surface area contributed by atoms with Crippen molar-refractivity contribution in [1.29, 1.82) is 0 Å². The number of alkyl halides is 3. The van der Waals surface area contributed by atoms with Crippen molar-refractivity contribution in [3.05, 3.63) is 54.5 Å². The molecule has 1 aliphatic heterocycles. The fourth-order valence-electron chi connectivity index (χ4n) is 4.12. The molecule has 218 valence electrons. The summed E-state index contributed by atoms with van der Waals surface area (Å²) in [5.74, 6) is -0.0169. The molecule has 8 nitrogen and oxygen atoms in total. The number of carbonyl (C=O) groups is 1. The number of amides is 1. The number of imidazole rings is 1. The van der Waals surface area contributed by atoms with Crippen molar-refractivity contribution in [2.24, 2.45) is 5.41 Å². The lowest BCUT2D eigenvalue weighted by Gasteiger charge is -2.30. The smallest absolute Gasteiger partial charge is 0.432 e. The summed E-state index contributed by atoms with van der Waals surface area (Å²) in [5.41, 5.74) is 0.205. The second-order valence-electron chi connectivity index (χ2n) is 10.4. The van der Waals surface area contributed by atoms with Gasteiger partial charge in [-0.05, 0) is 64.1 Å². The Balaban J connectivity index is 0.00000216. The lowest BCUT2D eigenvalue weighted by Crippen LogP contribution is -2.45. The van der Waals surface area contributed by atoms with Crippen LogP contribution in [0.25, 0.3) is 22.6 Å². The zero-order valence-corrected chi connectivity index (χ0v) is 23.9. The Morgan fingerprint density at radius 1 is 1.07 bits per heavy atom. The lowest BCUT2D eigenvalue weighted by molar-refractivity contribution is -0.150. The van der Waals surface area contributed by atoms with Crippen LogP contribution >= 0.6 is 0 Å². The van der Waals surface area contributed by atoms with Gasteiger partial charge in [0.05, 0.1) is 23.9 Å². The Morgan fingerprint density at radius 2 is 1.73 bits per heavy atom. The number of ether oxygens (including phenoxy) is 3. The summed E-state index contributed by atoms with van der Waals surface area (Å²) in [5, 5.41) is 0. The predicted molar refractivity (Wildman–Crippen MR) is 145 cm³/mol. The standard InChI is InChI=1S/C27H31F3N4O4.C2H6/c1-25(2,24(35)34(5)14-20-15-37-26(3,4)38-20)16-36-19-9-6-17(7-10-19)21-11-8-18(12-31-21)23-32-13-22(33-23)27(28,29)30;1-2/h6-13,20H,14-16H2,1-5H3,(H,32,33);1-2H3. The van der Waals surface area contributed by atoms with Crippen molar-refractivity contribution >= 4 is 5.91 Å². The minimum atomic E-state index is -4.49. The number of halogens is 3. The van der Waals surface area contributed by atoms with E-state index in [9.17, 15) is 18.0 Å². The summed E-state index contributed by atoms with van der Waals surface area (Å²) in [6.07, 6.45) is -2.44. The Bertz CT molecular complexity index is 1260. The van der Waals surface area contributed by atoms with Crippen LogP contribution in [0.5, 0.6) is 5.75 Å². The van der Waals surface area contributed by atoms with E-state index in [1.165, 1.54) is 6.20 Å². The van der Waals surface area contributed by atoms with Gasteiger partial charge in [-0.1, -0.05) is 13.8 Å². The van der Waals surface area contributed by atoms with E-state index >= 15 is 0 Å². The van der Waals surface area contributed by atoms with Gasteiger partial charge >= 0.3 is 6.18 Å². The van der Waals surface area contributed by atoms with Crippen molar-refractivity contribution in [3.63, 3.8) is 0 Å². The normalized spacial score (nSPS) is 16.7.